The van der Waals surface area contributed by atoms with Crippen molar-refractivity contribution in [1.29, 1.82) is 0 Å². The van der Waals surface area contributed by atoms with Gasteiger partial charge in [0.05, 0.1) is 11.3 Å². The average Bonchev–Trinajstić information content (AvgIpc) is 2.34. The van der Waals surface area contributed by atoms with E-state index in [0.717, 1.165) is 15.7 Å². The fraction of sp³-hybridized carbons (Fsp3) is 0.0714. The van der Waals surface area contributed by atoms with Crippen molar-refractivity contribution in [1.82, 2.24) is 0 Å². The number of hydrogen-bond donors (Lipinski definition) is 2. The highest BCUT2D eigenvalue weighted by Gasteiger charge is 2.12. The number of rotatable bonds is 3. The Morgan fingerprint density at radius 1 is 1.17 bits per heavy atom. The van der Waals surface area contributed by atoms with Crippen LogP contribution in [0.1, 0.15) is 15.9 Å². The number of carboxylic acid groups (broad SMARTS) is 1. The molecule has 0 spiro atoms. The Balaban J connectivity index is 2.39. The number of carboxylic acids is 1. The first-order chi connectivity index (χ1) is 8.58. The van der Waals surface area contributed by atoms with Crippen LogP contribution in [-0.4, -0.2) is 11.1 Å². The van der Waals surface area contributed by atoms with Gasteiger partial charge in [0.25, 0.3) is 0 Å². The summed E-state index contributed by atoms with van der Waals surface area (Å²) in [6.45, 7) is 2.00. The first kappa shape index (κ1) is 12.6. The largest absolute Gasteiger partial charge is 0.478 e. The van der Waals surface area contributed by atoms with Gasteiger partial charge in [0.1, 0.15) is 0 Å². The van der Waals surface area contributed by atoms with Crippen LogP contribution in [-0.2, 0) is 0 Å². The number of carbonyl (C=O) groups is 1. The number of anilines is 2. The molecule has 18 heavy (non-hydrogen) atoms. The maximum absolute atomic E-state index is 11.2. The molecule has 0 saturated heterocycles. The molecular formula is C14H12BrNO2. The van der Waals surface area contributed by atoms with Crippen LogP contribution in [0.5, 0.6) is 0 Å². The fourth-order valence-electron chi connectivity index (χ4n) is 1.61. The molecule has 2 rings (SSSR count). The van der Waals surface area contributed by atoms with Gasteiger partial charge in [-0.05, 0) is 47.1 Å². The SMILES string of the molecule is Cc1ccc(Nc2c(Br)cccc2C(=O)O)cc1. The summed E-state index contributed by atoms with van der Waals surface area (Å²) in [5.74, 6) is -0.953. The molecule has 4 heteroatoms. The summed E-state index contributed by atoms with van der Waals surface area (Å²) in [5, 5.41) is 12.3. The standard InChI is InChI=1S/C14H12BrNO2/c1-9-5-7-10(8-6-9)16-13-11(14(17)18)3-2-4-12(13)15/h2-8,16H,1H3,(H,17,18). The Kier molecular flexibility index (Phi) is 3.67. The Morgan fingerprint density at radius 3 is 2.44 bits per heavy atom. The molecule has 0 aromatic heterocycles. The van der Waals surface area contributed by atoms with E-state index in [4.69, 9.17) is 5.11 Å². The minimum Gasteiger partial charge on any atom is -0.478 e. The Bertz CT molecular complexity index is 579. The maximum Gasteiger partial charge on any atom is 0.337 e. The highest BCUT2D eigenvalue weighted by atomic mass is 79.9. The lowest BCUT2D eigenvalue weighted by molar-refractivity contribution is 0.0698. The van der Waals surface area contributed by atoms with E-state index in [1.165, 1.54) is 0 Å². The second-order valence-corrected chi connectivity index (χ2v) is 4.81. The van der Waals surface area contributed by atoms with Crippen molar-refractivity contribution in [2.24, 2.45) is 0 Å². The first-order valence-corrected chi connectivity index (χ1v) is 6.23. The number of nitrogens with one attached hydrogen (secondary N) is 1. The van der Waals surface area contributed by atoms with Gasteiger partial charge in [-0.25, -0.2) is 4.79 Å². The lowest BCUT2D eigenvalue weighted by Crippen LogP contribution is -2.03. The molecular weight excluding hydrogens is 294 g/mol. The first-order valence-electron chi connectivity index (χ1n) is 5.43. The minimum absolute atomic E-state index is 0.241. The molecule has 92 valence electrons. The van der Waals surface area contributed by atoms with E-state index in [1.807, 2.05) is 37.3 Å². The highest BCUT2D eigenvalue weighted by Crippen LogP contribution is 2.29. The molecule has 2 aromatic carbocycles. The lowest BCUT2D eigenvalue weighted by Gasteiger charge is -2.11. The molecule has 0 unspecified atom stereocenters. The monoisotopic (exact) mass is 305 g/mol. The van der Waals surface area contributed by atoms with E-state index in [0.29, 0.717) is 5.69 Å². The predicted molar refractivity (Wildman–Crippen MR) is 75.6 cm³/mol. The lowest BCUT2D eigenvalue weighted by atomic mass is 10.1. The van der Waals surface area contributed by atoms with E-state index in [2.05, 4.69) is 21.2 Å². The minimum atomic E-state index is -0.953. The summed E-state index contributed by atoms with van der Waals surface area (Å²) >= 11 is 3.36. The zero-order valence-electron chi connectivity index (χ0n) is 9.77. The summed E-state index contributed by atoms with van der Waals surface area (Å²) < 4.78 is 0.725. The van der Waals surface area contributed by atoms with E-state index in [9.17, 15) is 4.79 Å². The van der Waals surface area contributed by atoms with Crippen LogP contribution in [0, 0.1) is 6.92 Å². The van der Waals surface area contributed by atoms with E-state index in [-0.39, 0.29) is 5.56 Å². The van der Waals surface area contributed by atoms with Gasteiger partial charge in [0, 0.05) is 10.2 Å². The number of aryl methyl sites for hydroxylation is 1. The number of halogens is 1. The quantitative estimate of drug-likeness (QED) is 0.893. The molecule has 0 aliphatic heterocycles. The van der Waals surface area contributed by atoms with Crippen LogP contribution in [0.2, 0.25) is 0 Å². The summed E-state index contributed by atoms with van der Waals surface area (Å²) in [6.07, 6.45) is 0. The molecule has 0 fully saturated rings. The molecule has 0 aliphatic rings. The Labute approximate surface area is 114 Å². The van der Waals surface area contributed by atoms with Crippen LogP contribution in [0.15, 0.2) is 46.9 Å². The zero-order chi connectivity index (χ0) is 13.1. The Hall–Kier alpha value is -1.81. The van der Waals surface area contributed by atoms with Gasteiger partial charge in [0.15, 0.2) is 0 Å². The van der Waals surface area contributed by atoms with Crippen molar-refractivity contribution in [3.8, 4) is 0 Å². The van der Waals surface area contributed by atoms with Crippen molar-refractivity contribution >= 4 is 33.3 Å². The normalized spacial score (nSPS) is 10.1. The van der Waals surface area contributed by atoms with Gasteiger partial charge in [-0.3, -0.25) is 0 Å². The van der Waals surface area contributed by atoms with Crippen LogP contribution < -0.4 is 5.32 Å². The fourth-order valence-corrected chi connectivity index (χ4v) is 2.08. The third kappa shape index (κ3) is 2.71. The summed E-state index contributed by atoms with van der Waals surface area (Å²) in [7, 11) is 0. The highest BCUT2D eigenvalue weighted by molar-refractivity contribution is 9.10. The van der Waals surface area contributed by atoms with Crippen molar-refractivity contribution in [3.05, 3.63) is 58.1 Å². The number of para-hydroxylation sites is 1. The van der Waals surface area contributed by atoms with Crippen molar-refractivity contribution in [2.75, 3.05) is 5.32 Å². The molecule has 3 nitrogen and oxygen atoms in total. The van der Waals surface area contributed by atoms with Gasteiger partial charge in [-0.15, -0.1) is 0 Å². The van der Waals surface area contributed by atoms with Gasteiger partial charge in [-0.2, -0.15) is 0 Å². The van der Waals surface area contributed by atoms with E-state index >= 15 is 0 Å². The van der Waals surface area contributed by atoms with Crippen molar-refractivity contribution in [3.63, 3.8) is 0 Å². The second-order valence-electron chi connectivity index (χ2n) is 3.96. The van der Waals surface area contributed by atoms with E-state index < -0.39 is 5.97 Å². The summed E-state index contributed by atoms with van der Waals surface area (Å²) in [5.41, 5.74) is 2.82. The van der Waals surface area contributed by atoms with Crippen LogP contribution in [0.25, 0.3) is 0 Å². The number of hydrogen-bond acceptors (Lipinski definition) is 2. The van der Waals surface area contributed by atoms with Crippen LogP contribution in [0.4, 0.5) is 11.4 Å². The van der Waals surface area contributed by atoms with E-state index in [1.54, 1.807) is 12.1 Å². The average molecular weight is 306 g/mol. The number of aromatic carboxylic acids is 1. The van der Waals surface area contributed by atoms with Gasteiger partial charge < -0.3 is 10.4 Å². The van der Waals surface area contributed by atoms with Crippen molar-refractivity contribution in [2.45, 2.75) is 6.92 Å². The van der Waals surface area contributed by atoms with Gasteiger partial charge >= 0.3 is 5.97 Å². The zero-order valence-corrected chi connectivity index (χ0v) is 11.4. The topological polar surface area (TPSA) is 49.3 Å². The molecule has 0 aliphatic carbocycles. The molecule has 0 heterocycles. The second kappa shape index (κ2) is 5.23. The molecule has 0 atom stereocenters. The molecule has 0 bridgehead atoms. The molecule has 0 amide bonds. The molecule has 0 saturated carbocycles. The summed E-state index contributed by atoms with van der Waals surface area (Å²) in [6, 6.07) is 12.9. The van der Waals surface area contributed by atoms with Crippen molar-refractivity contribution < 1.29 is 9.90 Å². The predicted octanol–water partition coefficient (Wildman–Crippen LogP) is 4.20. The molecule has 2 aromatic rings. The van der Waals surface area contributed by atoms with Gasteiger partial charge in [-0.1, -0.05) is 23.8 Å². The van der Waals surface area contributed by atoms with Gasteiger partial charge in [0.2, 0.25) is 0 Å². The Morgan fingerprint density at radius 2 is 1.83 bits per heavy atom. The third-order valence-corrected chi connectivity index (χ3v) is 3.23. The maximum atomic E-state index is 11.2. The third-order valence-electron chi connectivity index (χ3n) is 2.56. The summed E-state index contributed by atoms with van der Waals surface area (Å²) in [4.78, 5) is 11.2. The van der Waals surface area contributed by atoms with Crippen LogP contribution >= 0.6 is 15.9 Å². The number of benzene rings is 2. The smallest absolute Gasteiger partial charge is 0.337 e. The molecule has 2 N–H and O–H groups in total. The molecule has 0 radical (unpaired) electrons. The van der Waals surface area contributed by atoms with Crippen LogP contribution in [0.3, 0.4) is 0 Å².